The van der Waals surface area contributed by atoms with Crippen LogP contribution in [0.15, 0.2) is 18.2 Å². The van der Waals surface area contributed by atoms with Gasteiger partial charge in [-0.1, -0.05) is 11.6 Å². The lowest BCUT2D eigenvalue weighted by molar-refractivity contribution is -0.384. The maximum Gasteiger partial charge on any atom is 0.289 e. The van der Waals surface area contributed by atoms with E-state index in [0.717, 1.165) is 5.69 Å². The molecule has 0 spiro atoms. The Bertz CT molecular complexity index is 755. The zero-order chi connectivity index (χ0) is 16.4. The maximum atomic E-state index is 12.4. The van der Waals surface area contributed by atoms with E-state index in [1.807, 2.05) is 13.8 Å². The minimum absolute atomic E-state index is 0.0224. The maximum absolute atomic E-state index is 12.4. The summed E-state index contributed by atoms with van der Waals surface area (Å²) in [6.45, 7) is 6.15. The van der Waals surface area contributed by atoms with Crippen molar-refractivity contribution in [2.75, 3.05) is 5.32 Å². The van der Waals surface area contributed by atoms with Crippen molar-refractivity contribution in [3.63, 3.8) is 0 Å². The number of nitrogens with zero attached hydrogens (tertiary/aromatic N) is 3. The van der Waals surface area contributed by atoms with Crippen molar-refractivity contribution in [3.8, 4) is 0 Å². The zero-order valence-corrected chi connectivity index (χ0v) is 13.1. The lowest BCUT2D eigenvalue weighted by atomic mass is 10.1. The Morgan fingerprint density at radius 1 is 1.45 bits per heavy atom. The molecule has 0 aliphatic rings. The van der Waals surface area contributed by atoms with Crippen LogP contribution in [-0.2, 0) is 6.54 Å². The van der Waals surface area contributed by atoms with Crippen LogP contribution in [-0.4, -0.2) is 20.6 Å². The van der Waals surface area contributed by atoms with Gasteiger partial charge in [0.05, 0.1) is 16.2 Å². The molecule has 0 fully saturated rings. The number of anilines is 1. The fraction of sp³-hybridized carbons (Fsp3) is 0.286. The van der Waals surface area contributed by atoms with Crippen molar-refractivity contribution in [3.05, 3.63) is 50.3 Å². The molecule has 0 aliphatic carbocycles. The smallest absolute Gasteiger partial charge is 0.289 e. The van der Waals surface area contributed by atoms with Crippen LogP contribution in [0.25, 0.3) is 0 Å². The largest absolute Gasteiger partial charge is 0.322 e. The second-order valence-electron chi connectivity index (χ2n) is 4.74. The minimum Gasteiger partial charge on any atom is -0.322 e. The lowest BCUT2D eigenvalue weighted by Gasteiger charge is -2.06. The summed E-state index contributed by atoms with van der Waals surface area (Å²) in [5.41, 5.74) is 1.89. The standard InChI is InChI=1S/C14H15ClN4O3/c1-4-18-9(3)13(8(2)17-18)14(20)16-10-5-6-11(15)12(7-10)19(21)22/h5-7H,4H2,1-3H3,(H,16,20). The number of aromatic nitrogens is 2. The molecule has 0 bridgehead atoms. The average molecular weight is 323 g/mol. The van der Waals surface area contributed by atoms with Gasteiger partial charge in [-0.2, -0.15) is 5.10 Å². The summed E-state index contributed by atoms with van der Waals surface area (Å²) < 4.78 is 1.73. The minimum atomic E-state index is -0.594. The molecule has 0 radical (unpaired) electrons. The molecule has 0 saturated carbocycles. The summed E-state index contributed by atoms with van der Waals surface area (Å²) in [5.74, 6) is -0.355. The Balaban J connectivity index is 2.32. The van der Waals surface area contributed by atoms with E-state index in [1.54, 1.807) is 11.6 Å². The molecular weight excluding hydrogens is 308 g/mol. The van der Waals surface area contributed by atoms with Gasteiger partial charge in [0.25, 0.3) is 11.6 Å². The van der Waals surface area contributed by atoms with Crippen LogP contribution < -0.4 is 5.32 Å². The first kappa shape index (κ1) is 16.0. The number of halogens is 1. The van der Waals surface area contributed by atoms with Crippen LogP contribution in [0.2, 0.25) is 5.02 Å². The second-order valence-corrected chi connectivity index (χ2v) is 5.15. The summed E-state index contributed by atoms with van der Waals surface area (Å²) in [6, 6.07) is 4.13. The Morgan fingerprint density at radius 2 is 2.14 bits per heavy atom. The van der Waals surface area contributed by atoms with Crippen molar-refractivity contribution < 1.29 is 9.72 Å². The predicted octanol–water partition coefficient (Wildman–Crippen LogP) is 3.33. The SMILES string of the molecule is CCn1nc(C)c(C(=O)Nc2ccc(Cl)c([N+](=O)[O-])c2)c1C. The highest BCUT2D eigenvalue weighted by Crippen LogP contribution is 2.27. The van der Waals surface area contributed by atoms with Crippen LogP contribution in [0.3, 0.4) is 0 Å². The Hall–Kier alpha value is -2.41. The number of amides is 1. The zero-order valence-electron chi connectivity index (χ0n) is 12.4. The van der Waals surface area contributed by atoms with Gasteiger partial charge >= 0.3 is 0 Å². The van der Waals surface area contributed by atoms with E-state index in [2.05, 4.69) is 10.4 Å². The molecule has 1 aromatic heterocycles. The number of carbonyl (C=O) groups excluding carboxylic acids is 1. The highest BCUT2D eigenvalue weighted by molar-refractivity contribution is 6.32. The van der Waals surface area contributed by atoms with E-state index >= 15 is 0 Å². The fourth-order valence-corrected chi connectivity index (χ4v) is 2.44. The molecule has 0 saturated heterocycles. The van der Waals surface area contributed by atoms with E-state index in [1.165, 1.54) is 18.2 Å². The molecule has 1 aromatic carbocycles. The predicted molar refractivity (Wildman–Crippen MR) is 83.4 cm³/mol. The average Bonchev–Trinajstić information content (AvgIpc) is 2.75. The van der Waals surface area contributed by atoms with Crippen LogP contribution in [0.5, 0.6) is 0 Å². The fourth-order valence-electron chi connectivity index (χ4n) is 2.26. The van der Waals surface area contributed by atoms with Gasteiger partial charge in [-0.25, -0.2) is 0 Å². The molecule has 1 heterocycles. The summed E-state index contributed by atoms with van der Waals surface area (Å²) in [6.07, 6.45) is 0. The topological polar surface area (TPSA) is 90.1 Å². The molecule has 0 unspecified atom stereocenters. The molecule has 116 valence electrons. The van der Waals surface area contributed by atoms with Gasteiger partial charge in [-0.05, 0) is 32.9 Å². The normalized spacial score (nSPS) is 10.5. The van der Waals surface area contributed by atoms with Gasteiger partial charge in [0.2, 0.25) is 0 Å². The van der Waals surface area contributed by atoms with E-state index < -0.39 is 4.92 Å². The number of hydrogen-bond donors (Lipinski definition) is 1. The number of rotatable bonds is 4. The molecule has 7 nitrogen and oxygen atoms in total. The van der Waals surface area contributed by atoms with Crippen molar-refractivity contribution >= 4 is 28.9 Å². The Labute approximate surface area is 132 Å². The molecule has 2 rings (SSSR count). The third-order valence-electron chi connectivity index (χ3n) is 3.31. The van der Waals surface area contributed by atoms with Gasteiger partial charge in [0, 0.05) is 24.0 Å². The number of nitro benzene ring substituents is 1. The first-order valence-corrected chi connectivity index (χ1v) is 7.02. The summed E-state index contributed by atoms with van der Waals surface area (Å²) in [7, 11) is 0. The van der Waals surface area contributed by atoms with Gasteiger partial charge in [-0.3, -0.25) is 19.6 Å². The molecule has 1 amide bonds. The monoisotopic (exact) mass is 322 g/mol. The number of nitro groups is 1. The molecule has 1 N–H and O–H groups in total. The van der Waals surface area contributed by atoms with Crippen molar-refractivity contribution in [1.29, 1.82) is 0 Å². The number of hydrogen-bond acceptors (Lipinski definition) is 4. The first-order valence-electron chi connectivity index (χ1n) is 6.64. The molecule has 0 aliphatic heterocycles. The number of nitrogens with one attached hydrogen (secondary N) is 1. The van der Waals surface area contributed by atoms with E-state index in [0.29, 0.717) is 23.5 Å². The second kappa shape index (κ2) is 6.15. The first-order chi connectivity index (χ1) is 10.3. The van der Waals surface area contributed by atoms with Crippen LogP contribution >= 0.6 is 11.6 Å². The van der Waals surface area contributed by atoms with E-state index in [-0.39, 0.29) is 16.6 Å². The van der Waals surface area contributed by atoms with Crippen LogP contribution in [0.1, 0.15) is 28.7 Å². The highest BCUT2D eigenvalue weighted by Gasteiger charge is 2.19. The molecule has 22 heavy (non-hydrogen) atoms. The number of aryl methyl sites for hydroxylation is 2. The highest BCUT2D eigenvalue weighted by atomic mass is 35.5. The Kier molecular flexibility index (Phi) is 4.46. The van der Waals surface area contributed by atoms with Gasteiger partial charge in [0.15, 0.2) is 0 Å². The molecule has 0 atom stereocenters. The molecule has 8 heteroatoms. The van der Waals surface area contributed by atoms with Crippen molar-refractivity contribution in [1.82, 2.24) is 9.78 Å². The van der Waals surface area contributed by atoms with Gasteiger partial charge < -0.3 is 5.32 Å². The Morgan fingerprint density at radius 3 is 2.68 bits per heavy atom. The van der Waals surface area contributed by atoms with Gasteiger partial charge in [0.1, 0.15) is 5.02 Å². The van der Waals surface area contributed by atoms with Gasteiger partial charge in [-0.15, -0.1) is 0 Å². The van der Waals surface area contributed by atoms with E-state index in [9.17, 15) is 14.9 Å². The molecular formula is C14H15ClN4O3. The number of benzene rings is 1. The summed E-state index contributed by atoms with van der Waals surface area (Å²) in [4.78, 5) is 22.7. The third kappa shape index (κ3) is 2.94. The van der Waals surface area contributed by atoms with Crippen molar-refractivity contribution in [2.45, 2.75) is 27.3 Å². The van der Waals surface area contributed by atoms with Crippen molar-refractivity contribution in [2.24, 2.45) is 0 Å². The van der Waals surface area contributed by atoms with Crippen LogP contribution in [0, 0.1) is 24.0 Å². The third-order valence-corrected chi connectivity index (χ3v) is 3.63. The quantitative estimate of drug-likeness (QED) is 0.690. The summed E-state index contributed by atoms with van der Waals surface area (Å²) >= 11 is 5.75. The number of carbonyl (C=O) groups is 1. The lowest BCUT2D eigenvalue weighted by Crippen LogP contribution is -2.14. The molecule has 2 aromatic rings. The van der Waals surface area contributed by atoms with Crippen LogP contribution in [0.4, 0.5) is 11.4 Å². The van der Waals surface area contributed by atoms with E-state index in [4.69, 9.17) is 11.6 Å². The summed E-state index contributed by atoms with van der Waals surface area (Å²) in [5, 5.41) is 17.8.